The molecule has 1 atom stereocenters. The fraction of sp³-hybridized carbons (Fsp3) is 0.375. The van der Waals surface area contributed by atoms with Gasteiger partial charge in [0.1, 0.15) is 23.9 Å². The number of rotatable bonds is 6. The minimum Gasteiger partial charge on any atom is -0.489 e. The molecule has 1 saturated heterocycles. The summed E-state index contributed by atoms with van der Waals surface area (Å²) >= 11 is 0. The topological polar surface area (TPSA) is 80.3 Å². The van der Waals surface area contributed by atoms with Crippen LogP contribution in [0.5, 0.6) is 17.4 Å². The van der Waals surface area contributed by atoms with Gasteiger partial charge in [-0.3, -0.25) is 10.00 Å². The lowest BCUT2D eigenvalue weighted by molar-refractivity contribution is -0.112. The average molecular weight is 418 g/mol. The van der Waals surface area contributed by atoms with Crippen molar-refractivity contribution in [3.63, 3.8) is 0 Å². The van der Waals surface area contributed by atoms with E-state index < -0.39 is 0 Å². The van der Waals surface area contributed by atoms with Crippen molar-refractivity contribution in [1.29, 1.82) is 0 Å². The number of carbonyl (C=O) groups excluding carboxylic acids is 1. The fourth-order valence-electron chi connectivity index (χ4n) is 4.30. The van der Waals surface area contributed by atoms with Gasteiger partial charge in [-0.05, 0) is 62.5 Å². The number of piperidine rings is 1. The van der Waals surface area contributed by atoms with Crippen molar-refractivity contribution in [1.82, 2.24) is 20.1 Å². The fourth-order valence-corrected chi connectivity index (χ4v) is 4.30. The van der Waals surface area contributed by atoms with Crippen molar-refractivity contribution in [3.8, 4) is 28.6 Å². The second-order valence-electron chi connectivity index (χ2n) is 8.28. The zero-order chi connectivity index (χ0) is 21.0. The molecule has 160 valence electrons. The van der Waals surface area contributed by atoms with E-state index in [2.05, 4.69) is 26.1 Å². The summed E-state index contributed by atoms with van der Waals surface area (Å²) in [5.41, 5.74) is 3.09. The smallest absolute Gasteiger partial charge is 0.219 e. The molecule has 4 heterocycles. The predicted molar refractivity (Wildman–Crippen MR) is 116 cm³/mol. The SMILES string of the molecule is O=CC1CCN(CC2CCc3ccc(Oc4ccc(-c5ccn[nH]5)cn4)cc3O2)CC1. The first kappa shape index (κ1) is 19.8. The lowest BCUT2D eigenvalue weighted by Crippen LogP contribution is -2.42. The monoisotopic (exact) mass is 418 g/mol. The molecule has 1 N–H and O–H groups in total. The summed E-state index contributed by atoms with van der Waals surface area (Å²) in [5, 5.41) is 6.89. The van der Waals surface area contributed by atoms with Crippen LogP contribution in [0.15, 0.2) is 48.8 Å². The highest BCUT2D eigenvalue weighted by atomic mass is 16.5. The van der Waals surface area contributed by atoms with Crippen molar-refractivity contribution >= 4 is 6.29 Å². The number of hydrogen-bond acceptors (Lipinski definition) is 6. The highest BCUT2D eigenvalue weighted by Crippen LogP contribution is 2.33. The van der Waals surface area contributed by atoms with Crippen LogP contribution in [0.3, 0.4) is 0 Å². The lowest BCUT2D eigenvalue weighted by Gasteiger charge is -2.34. The Morgan fingerprint density at radius 3 is 2.81 bits per heavy atom. The lowest BCUT2D eigenvalue weighted by atomic mass is 9.97. The summed E-state index contributed by atoms with van der Waals surface area (Å²) in [7, 11) is 0. The first-order valence-electron chi connectivity index (χ1n) is 10.9. The minimum atomic E-state index is 0.169. The molecule has 31 heavy (non-hydrogen) atoms. The Hall–Kier alpha value is -3.19. The Balaban J connectivity index is 1.21. The number of aromatic amines is 1. The van der Waals surface area contributed by atoms with Crippen LogP contribution in [0, 0.1) is 5.92 Å². The third kappa shape index (κ3) is 4.61. The van der Waals surface area contributed by atoms with E-state index in [1.54, 1.807) is 12.4 Å². The molecule has 0 radical (unpaired) electrons. The number of nitrogens with one attached hydrogen (secondary N) is 1. The van der Waals surface area contributed by atoms with Crippen LogP contribution in [0.4, 0.5) is 0 Å². The third-order valence-electron chi connectivity index (χ3n) is 6.12. The second-order valence-corrected chi connectivity index (χ2v) is 8.28. The number of benzene rings is 1. The molecule has 2 aromatic heterocycles. The third-order valence-corrected chi connectivity index (χ3v) is 6.12. The highest BCUT2D eigenvalue weighted by molar-refractivity contribution is 5.57. The Labute approximate surface area is 181 Å². The van der Waals surface area contributed by atoms with Crippen LogP contribution in [0.25, 0.3) is 11.3 Å². The van der Waals surface area contributed by atoms with E-state index in [1.165, 1.54) is 5.56 Å². The Morgan fingerprint density at radius 2 is 2.06 bits per heavy atom. The number of aldehydes is 1. The van der Waals surface area contributed by atoms with Gasteiger partial charge < -0.3 is 14.3 Å². The average Bonchev–Trinajstić information content (AvgIpc) is 3.35. The molecule has 5 rings (SSSR count). The van der Waals surface area contributed by atoms with E-state index in [0.717, 1.165) is 68.6 Å². The van der Waals surface area contributed by atoms with Crippen LogP contribution in [-0.4, -0.2) is 52.1 Å². The molecule has 7 nitrogen and oxygen atoms in total. The standard InChI is InChI=1S/C24H26N4O3/c29-16-17-8-11-28(12-9-17)15-21-5-2-18-1-4-20(13-23(18)30-21)31-24-6-3-19(14-25-24)22-7-10-26-27-22/h1,3-4,6-7,10,13-14,16-17,21H,2,5,8-9,11-12,15H2,(H,26,27). The predicted octanol–water partition coefficient (Wildman–Crippen LogP) is 3.87. The molecule has 3 aromatic rings. The van der Waals surface area contributed by atoms with Gasteiger partial charge >= 0.3 is 0 Å². The largest absolute Gasteiger partial charge is 0.489 e. The second kappa shape index (κ2) is 8.89. The van der Waals surface area contributed by atoms with Crippen LogP contribution in [-0.2, 0) is 11.2 Å². The number of carbonyl (C=O) groups is 1. The summed E-state index contributed by atoms with van der Waals surface area (Å²) in [6.07, 6.45) is 8.68. The maximum atomic E-state index is 11.0. The first-order valence-corrected chi connectivity index (χ1v) is 10.9. The molecule has 0 spiro atoms. The van der Waals surface area contributed by atoms with Crippen LogP contribution < -0.4 is 9.47 Å². The Bertz CT molecular complexity index is 1010. The summed E-state index contributed by atoms with van der Waals surface area (Å²) < 4.78 is 12.3. The number of hydrogen-bond donors (Lipinski definition) is 1. The number of aromatic nitrogens is 3. The van der Waals surface area contributed by atoms with Gasteiger partial charge in [0.25, 0.3) is 0 Å². The number of H-pyrrole nitrogens is 1. The van der Waals surface area contributed by atoms with Gasteiger partial charge in [-0.25, -0.2) is 4.98 Å². The molecule has 7 heteroatoms. The molecule has 1 aromatic carbocycles. The van der Waals surface area contributed by atoms with Crippen LogP contribution in [0.2, 0.25) is 0 Å². The maximum Gasteiger partial charge on any atom is 0.219 e. The number of fused-ring (bicyclic) bond motifs is 1. The number of aryl methyl sites for hydroxylation is 1. The van der Waals surface area contributed by atoms with Crippen molar-refractivity contribution in [2.24, 2.45) is 5.92 Å². The van der Waals surface area contributed by atoms with Crippen molar-refractivity contribution in [3.05, 3.63) is 54.4 Å². The molecular weight excluding hydrogens is 392 g/mol. The van der Waals surface area contributed by atoms with Crippen molar-refractivity contribution in [2.75, 3.05) is 19.6 Å². The molecule has 1 unspecified atom stereocenters. The van der Waals surface area contributed by atoms with E-state index >= 15 is 0 Å². The van der Waals surface area contributed by atoms with Gasteiger partial charge in [0.2, 0.25) is 5.88 Å². The minimum absolute atomic E-state index is 0.169. The highest BCUT2D eigenvalue weighted by Gasteiger charge is 2.25. The summed E-state index contributed by atoms with van der Waals surface area (Å²) in [4.78, 5) is 17.8. The quantitative estimate of drug-likeness (QED) is 0.612. The van der Waals surface area contributed by atoms with Crippen LogP contribution in [0.1, 0.15) is 24.8 Å². The van der Waals surface area contributed by atoms with E-state index in [9.17, 15) is 4.79 Å². The molecule has 1 fully saturated rings. The van der Waals surface area contributed by atoms with Gasteiger partial charge in [0.05, 0.1) is 5.69 Å². The molecule has 2 aliphatic rings. The number of nitrogens with zero attached hydrogens (tertiary/aromatic N) is 3. The van der Waals surface area contributed by atoms with Gasteiger partial charge in [0.15, 0.2) is 0 Å². The number of likely N-dealkylation sites (tertiary alicyclic amines) is 1. The summed E-state index contributed by atoms with van der Waals surface area (Å²) in [6, 6.07) is 11.7. The van der Waals surface area contributed by atoms with Gasteiger partial charge in [-0.15, -0.1) is 0 Å². The number of ether oxygens (including phenoxy) is 2. The van der Waals surface area contributed by atoms with Crippen molar-refractivity contribution in [2.45, 2.75) is 31.8 Å². The van der Waals surface area contributed by atoms with E-state index in [-0.39, 0.29) is 12.0 Å². The molecule has 0 saturated carbocycles. The zero-order valence-corrected chi connectivity index (χ0v) is 17.4. The maximum absolute atomic E-state index is 11.0. The Morgan fingerprint density at radius 1 is 1.16 bits per heavy atom. The van der Waals surface area contributed by atoms with Crippen LogP contribution >= 0.6 is 0 Å². The van der Waals surface area contributed by atoms with E-state index in [1.807, 2.05) is 30.3 Å². The van der Waals surface area contributed by atoms with Gasteiger partial charge in [0, 0.05) is 42.6 Å². The molecule has 0 amide bonds. The molecule has 0 aliphatic carbocycles. The normalized spacial score (nSPS) is 19.4. The molecule has 0 bridgehead atoms. The zero-order valence-electron chi connectivity index (χ0n) is 17.4. The Kier molecular flexibility index (Phi) is 5.67. The molecular formula is C24H26N4O3. The first-order chi connectivity index (χ1) is 15.3. The van der Waals surface area contributed by atoms with E-state index in [4.69, 9.17) is 9.47 Å². The van der Waals surface area contributed by atoms with Crippen molar-refractivity contribution < 1.29 is 14.3 Å². The van der Waals surface area contributed by atoms with E-state index in [0.29, 0.717) is 11.6 Å². The summed E-state index contributed by atoms with van der Waals surface area (Å²) in [6.45, 7) is 2.85. The van der Waals surface area contributed by atoms with Gasteiger partial charge in [-0.2, -0.15) is 5.10 Å². The van der Waals surface area contributed by atoms with Gasteiger partial charge in [-0.1, -0.05) is 6.07 Å². The number of pyridine rings is 1. The molecule has 2 aliphatic heterocycles. The summed E-state index contributed by atoms with van der Waals surface area (Å²) in [5.74, 6) is 2.37.